The van der Waals surface area contributed by atoms with E-state index >= 15 is 0 Å². The molecule has 0 spiro atoms. The van der Waals surface area contributed by atoms with Gasteiger partial charge in [0.25, 0.3) is 0 Å². The summed E-state index contributed by atoms with van der Waals surface area (Å²) in [6, 6.07) is 3.18. The number of ether oxygens (including phenoxy) is 2. The van der Waals surface area contributed by atoms with Crippen molar-refractivity contribution in [1.82, 2.24) is 0 Å². The van der Waals surface area contributed by atoms with Gasteiger partial charge in [-0.1, -0.05) is 19.9 Å². The van der Waals surface area contributed by atoms with E-state index in [9.17, 15) is 19.8 Å². The summed E-state index contributed by atoms with van der Waals surface area (Å²) in [5, 5.41) is 19.0. The number of aromatic carboxylic acids is 2. The van der Waals surface area contributed by atoms with Gasteiger partial charge in [0.15, 0.2) is 0 Å². The number of carboxylic acids is 2. The minimum atomic E-state index is -1.21. The lowest BCUT2D eigenvalue weighted by atomic mass is 9.89. The summed E-state index contributed by atoms with van der Waals surface area (Å²) >= 11 is 0. The molecule has 4 atom stereocenters. The molecule has 2 saturated heterocycles. The number of rotatable bonds is 10. The van der Waals surface area contributed by atoms with Crippen LogP contribution in [-0.2, 0) is 22.3 Å². The van der Waals surface area contributed by atoms with Crippen LogP contribution >= 0.6 is 0 Å². The zero-order chi connectivity index (χ0) is 18.8. The number of hydrogen-bond donors (Lipinski definition) is 2. The number of benzene rings is 1. The van der Waals surface area contributed by atoms with Crippen LogP contribution in [0.1, 0.15) is 71.4 Å². The highest BCUT2D eigenvalue weighted by Gasteiger charge is 2.38. The maximum atomic E-state index is 11.8. The number of aryl methyl sites for hydroxylation is 1. The molecule has 2 aliphatic heterocycles. The van der Waals surface area contributed by atoms with E-state index in [0.29, 0.717) is 30.9 Å². The second-order valence-electron chi connectivity index (χ2n) is 7.06. The molecule has 3 rings (SSSR count). The van der Waals surface area contributed by atoms with Crippen molar-refractivity contribution >= 4 is 11.9 Å². The normalized spacial score (nSPS) is 26.5. The average molecular weight is 362 g/mol. The second kappa shape index (κ2) is 7.76. The van der Waals surface area contributed by atoms with Crippen LogP contribution in [0.25, 0.3) is 0 Å². The maximum Gasteiger partial charge on any atom is 0.336 e. The van der Waals surface area contributed by atoms with Gasteiger partial charge in [0.1, 0.15) is 0 Å². The molecular weight excluding hydrogens is 336 g/mol. The van der Waals surface area contributed by atoms with Crippen molar-refractivity contribution in [2.75, 3.05) is 0 Å². The fourth-order valence-corrected chi connectivity index (χ4v) is 3.80. The minimum Gasteiger partial charge on any atom is -0.478 e. The number of hydrogen-bond acceptors (Lipinski definition) is 4. The average Bonchev–Trinajstić information content (AvgIpc) is 3.52. The first-order valence-corrected chi connectivity index (χ1v) is 9.38. The lowest BCUT2D eigenvalue weighted by Crippen LogP contribution is -2.15. The zero-order valence-corrected chi connectivity index (χ0v) is 15.2. The van der Waals surface area contributed by atoms with Crippen molar-refractivity contribution in [2.24, 2.45) is 0 Å². The Morgan fingerprint density at radius 2 is 1.46 bits per heavy atom. The molecule has 0 bridgehead atoms. The molecular formula is C20H26O6. The fraction of sp³-hybridized carbons (Fsp3) is 0.600. The predicted octanol–water partition coefficient (Wildman–Crippen LogP) is 3.30. The van der Waals surface area contributed by atoms with Crippen LogP contribution in [0.5, 0.6) is 0 Å². The van der Waals surface area contributed by atoms with Gasteiger partial charge in [0.05, 0.1) is 35.5 Å². The first-order chi connectivity index (χ1) is 12.5. The van der Waals surface area contributed by atoms with Gasteiger partial charge in [-0.25, -0.2) is 9.59 Å². The molecule has 0 radical (unpaired) electrons. The van der Waals surface area contributed by atoms with E-state index in [1.54, 1.807) is 6.07 Å². The molecule has 6 heteroatoms. The van der Waals surface area contributed by atoms with Crippen LogP contribution in [0.3, 0.4) is 0 Å². The second-order valence-corrected chi connectivity index (χ2v) is 7.06. The van der Waals surface area contributed by atoms with Crippen molar-refractivity contribution in [1.29, 1.82) is 0 Å². The predicted molar refractivity (Wildman–Crippen MR) is 94.9 cm³/mol. The third-order valence-electron chi connectivity index (χ3n) is 5.41. The van der Waals surface area contributed by atoms with E-state index in [0.717, 1.165) is 24.8 Å². The largest absolute Gasteiger partial charge is 0.478 e. The fourth-order valence-electron chi connectivity index (χ4n) is 3.80. The third-order valence-corrected chi connectivity index (χ3v) is 5.41. The van der Waals surface area contributed by atoms with Crippen molar-refractivity contribution in [3.8, 4) is 0 Å². The van der Waals surface area contributed by atoms with Gasteiger partial charge in [-0.15, -0.1) is 0 Å². The van der Waals surface area contributed by atoms with Gasteiger partial charge in [-0.05, 0) is 55.7 Å². The van der Waals surface area contributed by atoms with Gasteiger partial charge in [-0.2, -0.15) is 0 Å². The monoisotopic (exact) mass is 362 g/mol. The van der Waals surface area contributed by atoms with Crippen LogP contribution in [0.2, 0.25) is 0 Å². The van der Waals surface area contributed by atoms with Crippen molar-refractivity contribution in [3.05, 3.63) is 34.4 Å². The Kier molecular flexibility index (Phi) is 5.63. The number of carboxylic acid groups (broad SMARTS) is 2. The molecule has 142 valence electrons. The molecule has 2 fully saturated rings. The Bertz CT molecular complexity index is 698. The maximum absolute atomic E-state index is 11.8. The Hall–Kier alpha value is -1.92. The molecule has 2 heterocycles. The standard InChI is InChI=1S/C20H26O6/c1-3-14-16(25-14)9-6-11-5-7-13(19(21)22)18(20(23)24)12(11)8-10-17-15(4-2)26-17/h5,7,14-17H,3-4,6,8-10H2,1-2H3,(H,21,22)(H,23,24). The first kappa shape index (κ1) is 18.9. The number of carbonyl (C=O) groups is 2. The summed E-state index contributed by atoms with van der Waals surface area (Å²) in [4.78, 5) is 23.3. The van der Waals surface area contributed by atoms with Crippen LogP contribution < -0.4 is 0 Å². The van der Waals surface area contributed by atoms with Crippen LogP contribution in [0.4, 0.5) is 0 Å². The Morgan fingerprint density at radius 1 is 0.885 bits per heavy atom. The highest BCUT2D eigenvalue weighted by molar-refractivity contribution is 6.03. The molecule has 2 aliphatic rings. The first-order valence-electron chi connectivity index (χ1n) is 9.38. The van der Waals surface area contributed by atoms with Gasteiger partial charge < -0.3 is 19.7 Å². The summed E-state index contributed by atoms with van der Waals surface area (Å²) < 4.78 is 11.1. The Morgan fingerprint density at radius 3 is 1.92 bits per heavy atom. The highest BCUT2D eigenvalue weighted by Crippen LogP contribution is 2.33. The van der Waals surface area contributed by atoms with Crippen LogP contribution in [0, 0.1) is 0 Å². The SMILES string of the molecule is CCC1OC1CCc1ccc(C(=O)O)c(C(=O)O)c1CCC1OC1CC. The van der Waals surface area contributed by atoms with E-state index < -0.39 is 11.9 Å². The molecule has 26 heavy (non-hydrogen) atoms. The lowest BCUT2D eigenvalue weighted by Gasteiger charge is -2.14. The van der Waals surface area contributed by atoms with Crippen LogP contribution in [-0.4, -0.2) is 46.6 Å². The van der Waals surface area contributed by atoms with Gasteiger partial charge in [0.2, 0.25) is 0 Å². The lowest BCUT2D eigenvalue weighted by molar-refractivity contribution is 0.0650. The molecule has 4 unspecified atom stereocenters. The molecule has 0 aliphatic carbocycles. The van der Waals surface area contributed by atoms with E-state index in [2.05, 4.69) is 13.8 Å². The smallest absolute Gasteiger partial charge is 0.336 e. The van der Waals surface area contributed by atoms with E-state index in [1.165, 1.54) is 6.07 Å². The summed E-state index contributed by atoms with van der Waals surface area (Å²) in [5.41, 5.74) is 1.32. The van der Waals surface area contributed by atoms with Gasteiger partial charge in [-0.3, -0.25) is 0 Å². The Balaban J connectivity index is 1.82. The van der Waals surface area contributed by atoms with E-state index in [4.69, 9.17) is 9.47 Å². The van der Waals surface area contributed by atoms with Crippen molar-refractivity contribution in [2.45, 2.75) is 76.8 Å². The van der Waals surface area contributed by atoms with Crippen molar-refractivity contribution in [3.63, 3.8) is 0 Å². The molecule has 1 aromatic rings. The molecule has 0 amide bonds. The molecule has 2 N–H and O–H groups in total. The molecule has 1 aromatic carbocycles. The number of epoxide rings is 2. The quantitative estimate of drug-likeness (QED) is 0.620. The Labute approximate surface area is 153 Å². The summed E-state index contributed by atoms with van der Waals surface area (Å²) in [7, 11) is 0. The molecule has 6 nitrogen and oxygen atoms in total. The molecule has 0 saturated carbocycles. The summed E-state index contributed by atoms with van der Waals surface area (Å²) in [5.74, 6) is -2.39. The zero-order valence-electron chi connectivity index (χ0n) is 15.2. The van der Waals surface area contributed by atoms with Gasteiger partial charge in [0, 0.05) is 0 Å². The van der Waals surface area contributed by atoms with E-state index in [1.807, 2.05) is 0 Å². The topological polar surface area (TPSA) is 99.7 Å². The minimum absolute atomic E-state index is 0.0764. The highest BCUT2D eigenvalue weighted by atomic mass is 16.6. The summed E-state index contributed by atoms with van der Waals surface area (Å²) in [6.07, 6.45) is 5.61. The third kappa shape index (κ3) is 4.07. The molecule has 0 aromatic heterocycles. The van der Waals surface area contributed by atoms with Crippen molar-refractivity contribution < 1.29 is 29.3 Å². The van der Waals surface area contributed by atoms with Gasteiger partial charge >= 0.3 is 11.9 Å². The van der Waals surface area contributed by atoms with Crippen LogP contribution in [0.15, 0.2) is 12.1 Å². The summed E-state index contributed by atoms with van der Waals surface area (Å²) in [6.45, 7) is 4.14. The van der Waals surface area contributed by atoms with E-state index in [-0.39, 0.29) is 29.4 Å².